The number of nitrogens with zero attached hydrogens (tertiary/aromatic N) is 1. The number of nitrogens with one attached hydrogen (secondary N) is 2. The summed E-state index contributed by atoms with van der Waals surface area (Å²) in [4.78, 5) is 27.2. The standard InChI is InChI=1S/C24H23N3O4/c1-16-9-11-17(12-10-16)21-13-23(31-27-21)26-22(28)15-30-24(29)8-4-5-18-14-25-20-7-3-2-6-19(18)20/h2-3,6-7,9-14,25H,4-5,8,15H2,1H3,(H,26,28). The van der Waals surface area contributed by atoms with Gasteiger partial charge in [-0.15, -0.1) is 0 Å². The molecule has 0 aliphatic heterocycles. The summed E-state index contributed by atoms with van der Waals surface area (Å²) in [6.07, 6.45) is 3.61. The van der Waals surface area contributed by atoms with Gasteiger partial charge in [0.1, 0.15) is 5.69 Å². The summed E-state index contributed by atoms with van der Waals surface area (Å²) in [5.74, 6) is -0.680. The maximum atomic E-state index is 12.0. The fourth-order valence-corrected chi connectivity index (χ4v) is 3.35. The molecule has 0 saturated carbocycles. The number of anilines is 1. The van der Waals surface area contributed by atoms with Crippen LogP contribution in [-0.4, -0.2) is 28.6 Å². The molecule has 7 heteroatoms. The van der Waals surface area contributed by atoms with E-state index in [2.05, 4.69) is 21.5 Å². The molecule has 0 aliphatic rings. The van der Waals surface area contributed by atoms with Crippen LogP contribution >= 0.6 is 0 Å². The number of benzene rings is 2. The molecule has 2 aromatic carbocycles. The van der Waals surface area contributed by atoms with Gasteiger partial charge in [0.05, 0.1) is 0 Å². The quantitative estimate of drug-likeness (QED) is 0.407. The first kappa shape index (κ1) is 20.4. The lowest BCUT2D eigenvalue weighted by Crippen LogP contribution is -2.20. The molecule has 0 spiro atoms. The van der Waals surface area contributed by atoms with Gasteiger partial charge in [-0.1, -0.05) is 53.2 Å². The average molecular weight is 417 g/mol. The third-order valence-electron chi connectivity index (χ3n) is 4.99. The minimum atomic E-state index is -0.475. The van der Waals surface area contributed by atoms with Crippen LogP contribution in [0.2, 0.25) is 0 Å². The topological polar surface area (TPSA) is 97.2 Å². The van der Waals surface area contributed by atoms with E-state index in [-0.39, 0.29) is 18.9 Å². The van der Waals surface area contributed by atoms with Crippen molar-refractivity contribution in [1.29, 1.82) is 0 Å². The smallest absolute Gasteiger partial charge is 0.306 e. The number of esters is 1. The Morgan fingerprint density at radius 2 is 1.94 bits per heavy atom. The number of carbonyl (C=O) groups excluding carboxylic acids is 2. The Morgan fingerprint density at radius 3 is 2.77 bits per heavy atom. The third-order valence-corrected chi connectivity index (χ3v) is 4.99. The minimum Gasteiger partial charge on any atom is -0.456 e. The van der Waals surface area contributed by atoms with Crippen molar-refractivity contribution >= 4 is 28.7 Å². The normalized spacial score (nSPS) is 10.9. The molecule has 7 nitrogen and oxygen atoms in total. The first-order valence-corrected chi connectivity index (χ1v) is 10.1. The van der Waals surface area contributed by atoms with E-state index in [4.69, 9.17) is 9.26 Å². The maximum absolute atomic E-state index is 12.0. The fourth-order valence-electron chi connectivity index (χ4n) is 3.35. The summed E-state index contributed by atoms with van der Waals surface area (Å²) in [7, 11) is 0. The molecule has 0 saturated heterocycles. The molecule has 2 N–H and O–H groups in total. The Balaban J connectivity index is 1.20. The van der Waals surface area contributed by atoms with E-state index in [0.29, 0.717) is 12.1 Å². The monoisotopic (exact) mass is 417 g/mol. The highest BCUT2D eigenvalue weighted by Gasteiger charge is 2.12. The number of H-pyrrole nitrogens is 1. The maximum Gasteiger partial charge on any atom is 0.306 e. The molecule has 31 heavy (non-hydrogen) atoms. The molecule has 0 bridgehead atoms. The number of aryl methyl sites for hydroxylation is 2. The van der Waals surface area contributed by atoms with Crippen molar-refractivity contribution in [3.63, 3.8) is 0 Å². The SMILES string of the molecule is Cc1ccc(-c2cc(NC(=O)COC(=O)CCCc3c[nH]c4ccccc34)on2)cc1. The van der Waals surface area contributed by atoms with Crippen LogP contribution < -0.4 is 5.32 Å². The second-order valence-electron chi connectivity index (χ2n) is 7.36. The second kappa shape index (κ2) is 9.30. The van der Waals surface area contributed by atoms with E-state index in [0.717, 1.165) is 34.0 Å². The van der Waals surface area contributed by atoms with Crippen molar-refractivity contribution in [1.82, 2.24) is 10.1 Å². The van der Waals surface area contributed by atoms with Gasteiger partial charge >= 0.3 is 5.97 Å². The largest absolute Gasteiger partial charge is 0.456 e. The zero-order valence-electron chi connectivity index (χ0n) is 17.2. The van der Waals surface area contributed by atoms with Gasteiger partial charge in [-0.2, -0.15) is 0 Å². The zero-order valence-corrected chi connectivity index (χ0v) is 17.2. The predicted molar refractivity (Wildman–Crippen MR) is 118 cm³/mol. The van der Waals surface area contributed by atoms with E-state index >= 15 is 0 Å². The number of hydrogen-bond acceptors (Lipinski definition) is 5. The Morgan fingerprint density at radius 1 is 1.13 bits per heavy atom. The van der Waals surface area contributed by atoms with Crippen LogP contribution in [0.4, 0.5) is 5.88 Å². The molecule has 158 valence electrons. The first-order valence-electron chi connectivity index (χ1n) is 10.1. The van der Waals surface area contributed by atoms with E-state index in [1.54, 1.807) is 6.07 Å². The molecule has 0 fully saturated rings. The number of ether oxygens (including phenoxy) is 1. The molecule has 0 atom stereocenters. The molecule has 1 amide bonds. The number of aromatic amines is 1. The zero-order chi connectivity index (χ0) is 21.6. The lowest BCUT2D eigenvalue weighted by atomic mass is 10.1. The van der Waals surface area contributed by atoms with Gasteiger partial charge < -0.3 is 14.2 Å². The van der Waals surface area contributed by atoms with Crippen LogP contribution in [0.25, 0.3) is 22.2 Å². The van der Waals surface area contributed by atoms with Crippen molar-refractivity contribution < 1.29 is 18.8 Å². The number of aromatic nitrogens is 2. The van der Waals surface area contributed by atoms with Gasteiger partial charge in [-0.3, -0.25) is 14.9 Å². The summed E-state index contributed by atoms with van der Waals surface area (Å²) in [5, 5.41) is 7.66. The Bertz CT molecular complexity index is 1190. The van der Waals surface area contributed by atoms with Crippen LogP contribution in [0.3, 0.4) is 0 Å². The summed E-state index contributed by atoms with van der Waals surface area (Å²) in [6, 6.07) is 17.5. The third kappa shape index (κ3) is 5.19. The highest BCUT2D eigenvalue weighted by molar-refractivity contribution is 5.92. The number of amides is 1. The van der Waals surface area contributed by atoms with Crippen LogP contribution in [0.5, 0.6) is 0 Å². The number of fused-ring (bicyclic) bond motifs is 1. The van der Waals surface area contributed by atoms with E-state index in [1.807, 2.05) is 55.6 Å². The number of rotatable bonds is 8. The molecular formula is C24H23N3O4. The summed E-state index contributed by atoms with van der Waals surface area (Å²) in [6.45, 7) is 1.63. The second-order valence-corrected chi connectivity index (χ2v) is 7.36. The highest BCUT2D eigenvalue weighted by atomic mass is 16.5. The van der Waals surface area contributed by atoms with Crippen molar-refractivity contribution in [2.75, 3.05) is 11.9 Å². The van der Waals surface area contributed by atoms with Gasteiger partial charge in [-0.25, -0.2) is 0 Å². The predicted octanol–water partition coefficient (Wildman–Crippen LogP) is 4.64. The van der Waals surface area contributed by atoms with Crippen LogP contribution in [0.15, 0.2) is 65.3 Å². The average Bonchev–Trinajstić information content (AvgIpc) is 3.40. The van der Waals surface area contributed by atoms with Crippen molar-refractivity contribution in [3.05, 3.63) is 71.9 Å². The molecule has 4 rings (SSSR count). The van der Waals surface area contributed by atoms with Gasteiger partial charge in [-0.05, 0) is 31.4 Å². The van der Waals surface area contributed by atoms with Gasteiger partial charge in [0.15, 0.2) is 6.61 Å². The molecule has 2 aromatic heterocycles. The molecular weight excluding hydrogens is 394 g/mol. The lowest BCUT2D eigenvalue weighted by Gasteiger charge is -2.04. The summed E-state index contributed by atoms with van der Waals surface area (Å²) in [5.41, 5.74) is 4.88. The molecule has 0 aliphatic carbocycles. The van der Waals surface area contributed by atoms with Crippen LogP contribution in [0.1, 0.15) is 24.0 Å². The van der Waals surface area contributed by atoms with Gasteiger partial charge in [0.2, 0.25) is 5.88 Å². The Labute approximate surface area is 179 Å². The van der Waals surface area contributed by atoms with Gasteiger partial charge in [0, 0.05) is 35.2 Å². The van der Waals surface area contributed by atoms with E-state index in [9.17, 15) is 9.59 Å². The minimum absolute atomic E-state index is 0.205. The van der Waals surface area contributed by atoms with E-state index in [1.165, 1.54) is 0 Å². The van der Waals surface area contributed by atoms with Gasteiger partial charge in [0.25, 0.3) is 5.91 Å². The van der Waals surface area contributed by atoms with E-state index < -0.39 is 11.9 Å². The number of hydrogen-bond donors (Lipinski definition) is 2. The van der Waals surface area contributed by atoms with Crippen molar-refractivity contribution in [3.8, 4) is 11.3 Å². The first-order chi connectivity index (χ1) is 15.1. The lowest BCUT2D eigenvalue weighted by molar-refractivity contribution is -0.147. The Kier molecular flexibility index (Phi) is 6.12. The highest BCUT2D eigenvalue weighted by Crippen LogP contribution is 2.22. The molecule has 0 radical (unpaired) electrons. The molecule has 2 heterocycles. The van der Waals surface area contributed by atoms with Crippen molar-refractivity contribution in [2.24, 2.45) is 0 Å². The number of para-hydroxylation sites is 1. The molecule has 0 unspecified atom stereocenters. The number of carbonyl (C=O) groups is 2. The van der Waals surface area contributed by atoms with Crippen LogP contribution in [-0.2, 0) is 20.7 Å². The molecule has 4 aromatic rings. The summed E-state index contributed by atoms with van der Waals surface area (Å²) < 4.78 is 10.2. The Hall–Kier alpha value is -3.87. The fraction of sp³-hybridized carbons (Fsp3) is 0.208. The van der Waals surface area contributed by atoms with Crippen LogP contribution in [0, 0.1) is 6.92 Å². The summed E-state index contributed by atoms with van der Waals surface area (Å²) >= 11 is 0. The van der Waals surface area contributed by atoms with Crippen molar-refractivity contribution in [2.45, 2.75) is 26.2 Å².